The maximum atomic E-state index is 12.7. The van der Waals surface area contributed by atoms with Crippen LogP contribution in [0.5, 0.6) is 0 Å². The number of quaternary nitrogens is 1. The molecule has 0 fully saturated rings. The summed E-state index contributed by atoms with van der Waals surface area (Å²) in [5.41, 5.74) is 2.16. The van der Waals surface area contributed by atoms with Crippen LogP contribution in [0.15, 0.2) is 65.7 Å². The molecule has 0 spiro atoms. The van der Waals surface area contributed by atoms with E-state index in [9.17, 15) is 4.79 Å². The molecular formula is C21H26BrN3O. The summed E-state index contributed by atoms with van der Waals surface area (Å²) >= 11 is 0. The lowest BCUT2D eigenvalue weighted by Crippen LogP contribution is -3.00. The first kappa shape index (κ1) is 20.3. The number of rotatable bonds is 7. The van der Waals surface area contributed by atoms with Gasteiger partial charge in [-0.2, -0.15) is 0 Å². The Bertz CT molecular complexity index is 888. The van der Waals surface area contributed by atoms with E-state index in [4.69, 9.17) is 0 Å². The van der Waals surface area contributed by atoms with Gasteiger partial charge in [0.15, 0.2) is 0 Å². The number of nitrogens with zero attached hydrogens (tertiary/aromatic N) is 3. The Morgan fingerprint density at radius 3 is 2.31 bits per heavy atom. The summed E-state index contributed by atoms with van der Waals surface area (Å²) in [7, 11) is 0. The van der Waals surface area contributed by atoms with Gasteiger partial charge < -0.3 is 21.5 Å². The molecule has 3 aromatic rings. The molecule has 0 bridgehead atoms. The summed E-state index contributed by atoms with van der Waals surface area (Å²) in [4.78, 5) is 17.1. The van der Waals surface area contributed by atoms with Gasteiger partial charge in [0.25, 0.3) is 5.56 Å². The fourth-order valence-corrected chi connectivity index (χ4v) is 3.40. The van der Waals surface area contributed by atoms with E-state index in [1.165, 1.54) is 5.56 Å². The second-order valence-electron chi connectivity index (χ2n) is 6.60. The fourth-order valence-electron chi connectivity index (χ4n) is 3.40. The van der Waals surface area contributed by atoms with Gasteiger partial charge in [0.1, 0.15) is 6.54 Å². The van der Waals surface area contributed by atoms with E-state index in [1.807, 2.05) is 24.3 Å². The number of fused-ring (bicyclic) bond motifs is 1. The summed E-state index contributed by atoms with van der Waals surface area (Å²) in [6, 6.07) is 18.1. The molecule has 1 aromatic heterocycles. The maximum Gasteiger partial charge on any atom is 0.261 e. The Morgan fingerprint density at radius 2 is 1.62 bits per heavy atom. The Hall–Kier alpha value is -1.98. The van der Waals surface area contributed by atoms with Crippen LogP contribution in [0.25, 0.3) is 10.9 Å². The summed E-state index contributed by atoms with van der Waals surface area (Å²) in [6.45, 7) is 9.14. The minimum Gasteiger partial charge on any atom is -1.00 e. The fraction of sp³-hybridized carbons (Fsp3) is 0.333. The van der Waals surface area contributed by atoms with Crippen molar-refractivity contribution in [3.05, 3.63) is 76.8 Å². The second kappa shape index (κ2) is 9.10. The van der Waals surface area contributed by atoms with E-state index in [1.54, 1.807) is 10.9 Å². The third kappa shape index (κ3) is 4.40. The van der Waals surface area contributed by atoms with Crippen molar-refractivity contribution < 1.29 is 21.5 Å². The molecule has 5 heteroatoms. The number of hydrogen-bond donors (Lipinski definition) is 0. The van der Waals surface area contributed by atoms with Gasteiger partial charge in [-0.1, -0.05) is 42.5 Å². The molecular weight excluding hydrogens is 390 g/mol. The number of para-hydroxylation sites is 1. The summed E-state index contributed by atoms with van der Waals surface area (Å²) in [5.74, 6) is 0. The normalized spacial score (nSPS) is 11.3. The monoisotopic (exact) mass is 415 g/mol. The van der Waals surface area contributed by atoms with E-state index in [2.05, 4.69) is 49.2 Å². The van der Waals surface area contributed by atoms with E-state index in [0.717, 1.165) is 36.2 Å². The summed E-state index contributed by atoms with van der Waals surface area (Å²) in [6.07, 6.45) is 1.69. The third-order valence-corrected chi connectivity index (χ3v) is 5.25. The highest BCUT2D eigenvalue weighted by atomic mass is 79.9. The van der Waals surface area contributed by atoms with Crippen LogP contribution >= 0.6 is 0 Å². The van der Waals surface area contributed by atoms with Crippen molar-refractivity contribution in [1.82, 2.24) is 9.55 Å². The third-order valence-electron chi connectivity index (χ3n) is 5.25. The molecule has 0 aliphatic rings. The Morgan fingerprint density at radius 1 is 0.962 bits per heavy atom. The van der Waals surface area contributed by atoms with Gasteiger partial charge >= 0.3 is 0 Å². The van der Waals surface area contributed by atoms with Gasteiger partial charge in [-0.05, 0) is 26.0 Å². The second-order valence-corrected chi connectivity index (χ2v) is 6.60. The number of likely N-dealkylation sites (N-methyl/N-ethyl adjacent to an activating group) is 1. The zero-order chi connectivity index (χ0) is 17.7. The zero-order valence-corrected chi connectivity index (χ0v) is 17.0. The number of benzene rings is 2. The van der Waals surface area contributed by atoms with Crippen molar-refractivity contribution in [2.24, 2.45) is 0 Å². The molecule has 0 N–H and O–H groups in total. The van der Waals surface area contributed by atoms with Gasteiger partial charge in [0.05, 0.1) is 43.4 Å². The molecule has 1 heterocycles. The molecule has 2 aromatic carbocycles. The van der Waals surface area contributed by atoms with E-state index in [0.29, 0.717) is 11.9 Å². The molecule has 4 nitrogen and oxygen atoms in total. The predicted molar refractivity (Wildman–Crippen MR) is 102 cm³/mol. The molecule has 26 heavy (non-hydrogen) atoms. The van der Waals surface area contributed by atoms with Gasteiger partial charge in [-0.15, -0.1) is 0 Å². The smallest absolute Gasteiger partial charge is 0.261 e. The van der Waals surface area contributed by atoms with Crippen LogP contribution in [0.1, 0.15) is 19.4 Å². The first-order valence-corrected chi connectivity index (χ1v) is 9.00. The largest absolute Gasteiger partial charge is 1.00 e. The van der Waals surface area contributed by atoms with Crippen LogP contribution in [0, 0.1) is 0 Å². The Balaban J connectivity index is 0.00000243. The van der Waals surface area contributed by atoms with Crippen molar-refractivity contribution in [3.8, 4) is 0 Å². The highest BCUT2D eigenvalue weighted by Crippen LogP contribution is 2.15. The van der Waals surface area contributed by atoms with Crippen LogP contribution in [-0.4, -0.2) is 33.7 Å². The lowest BCUT2D eigenvalue weighted by Gasteiger charge is -2.37. The maximum absolute atomic E-state index is 12.7. The predicted octanol–water partition coefficient (Wildman–Crippen LogP) is 0.457. The van der Waals surface area contributed by atoms with Crippen LogP contribution in [0.2, 0.25) is 0 Å². The number of aromatic nitrogens is 2. The van der Waals surface area contributed by atoms with E-state index >= 15 is 0 Å². The summed E-state index contributed by atoms with van der Waals surface area (Å²) in [5, 5.41) is 0.694. The molecule has 0 amide bonds. The van der Waals surface area contributed by atoms with Crippen molar-refractivity contribution in [1.29, 1.82) is 0 Å². The Labute approximate surface area is 165 Å². The SMILES string of the molecule is CC[N+](CC)(CCn1cnc2ccccc2c1=O)Cc1ccccc1.[Br-]. The minimum atomic E-state index is 0. The van der Waals surface area contributed by atoms with Gasteiger partial charge in [-0.3, -0.25) is 9.36 Å². The molecule has 3 rings (SSSR count). The molecule has 0 saturated carbocycles. The Kier molecular flexibility index (Phi) is 7.12. The molecule has 0 aliphatic heterocycles. The molecule has 0 aliphatic carbocycles. The van der Waals surface area contributed by atoms with E-state index < -0.39 is 0 Å². The zero-order valence-electron chi connectivity index (χ0n) is 15.4. The molecule has 0 unspecified atom stereocenters. The number of hydrogen-bond acceptors (Lipinski definition) is 2. The number of halogens is 1. The highest BCUT2D eigenvalue weighted by Gasteiger charge is 2.23. The molecule has 0 atom stereocenters. The molecule has 138 valence electrons. The average molecular weight is 416 g/mol. The van der Waals surface area contributed by atoms with Gasteiger partial charge in [0.2, 0.25) is 0 Å². The van der Waals surface area contributed by atoms with Crippen LogP contribution in [0.4, 0.5) is 0 Å². The van der Waals surface area contributed by atoms with Gasteiger partial charge in [-0.25, -0.2) is 4.98 Å². The molecule has 0 radical (unpaired) electrons. The van der Waals surface area contributed by atoms with Crippen molar-refractivity contribution in [3.63, 3.8) is 0 Å². The van der Waals surface area contributed by atoms with Crippen molar-refractivity contribution >= 4 is 10.9 Å². The first-order chi connectivity index (χ1) is 12.2. The average Bonchev–Trinajstić information content (AvgIpc) is 2.67. The highest BCUT2D eigenvalue weighted by molar-refractivity contribution is 5.76. The van der Waals surface area contributed by atoms with Crippen LogP contribution in [-0.2, 0) is 13.1 Å². The van der Waals surface area contributed by atoms with Gasteiger partial charge in [0, 0.05) is 5.56 Å². The van der Waals surface area contributed by atoms with Crippen molar-refractivity contribution in [2.75, 3.05) is 19.6 Å². The topological polar surface area (TPSA) is 34.9 Å². The quantitative estimate of drug-likeness (QED) is 0.525. The lowest BCUT2D eigenvalue weighted by atomic mass is 10.1. The minimum absolute atomic E-state index is 0. The standard InChI is InChI=1S/C21H26N3O.BrH/c1-3-24(4-2,16-18-10-6-5-7-11-18)15-14-23-17-22-20-13-9-8-12-19(20)21(23)25;/h5-13,17H,3-4,14-16H2,1-2H3;1H/q+1;/p-1. The van der Waals surface area contributed by atoms with E-state index in [-0.39, 0.29) is 22.5 Å². The molecule has 0 saturated heterocycles. The van der Waals surface area contributed by atoms with Crippen LogP contribution in [0.3, 0.4) is 0 Å². The first-order valence-electron chi connectivity index (χ1n) is 9.00. The lowest BCUT2D eigenvalue weighted by molar-refractivity contribution is -0.938. The van der Waals surface area contributed by atoms with Crippen LogP contribution < -0.4 is 22.5 Å². The summed E-state index contributed by atoms with van der Waals surface area (Å²) < 4.78 is 2.72. The van der Waals surface area contributed by atoms with Crippen molar-refractivity contribution in [2.45, 2.75) is 26.9 Å².